The number of benzene rings is 1. The molecule has 1 amide bonds. The molecule has 3 rings (SSSR count). The summed E-state index contributed by atoms with van der Waals surface area (Å²) < 4.78 is 0. The Morgan fingerprint density at radius 1 is 1.29 bits per heavy atom. The van der Waals surface area contributed by atoms with Crippen LogP contribution in [-0.4, -0.2) is 29.9 Å². The van der Waals surface area contributed by atoms with Crippen LogP contribution in [0, 0.1) is 0 Å². The first-order valence-corrected chi connectivity index (χ1v) is 9.74. The lowest BCUT2D eigenvalue weighted by molar-refractivity contribution is -0.122. The average molecular weight is 363 g/mol. The number of carbonyl (C=O) groups excluding carboxylic acids is 1. The van der Waals surface area contributed by atoms with Gasteiger partial charge >= 0.3 is 0 Å². The number of halogens is 1. The van der Waals surface area contributed by atoms with E-state index in [-0.39, 0.29) is 11.9 Å². The van der Waals surface area contributed by atoms with Gasteiger partial charge in [-0.05, 0) is 48.9 Å². The van der Waals surface area contributed by atoms with Crippen LogP contribution in [0.3, 0.4) is 0 Å². The summed E-state index contributed by atoms with van der Waals surface area (Å²) in [5.74, 6) is 0.123. The summed E-state index contributed by atoms with van der Waals surface area (Å²) in [6, 6.07) is 12.3. The summed E-state index contributed by atoms with van der Waals surface area (Å²) >= 11 is 7.95. The summed E-state index contributed by atoms with van der Waals surface area (Å²) in [6.45, 7) is 3.04. The van der Waals surface area contributed by atoms with Crippen LogP contribution in [0.4, 0.5) is 0 Å². The van der Waals surface area contributed by atoms with E-state index in [9.17, 15) is 4.79 Å². The normalized spacial score (nSPS) is 18.5. The largest absolute Gasteiger partial charge is 0.352 e. The van der Waals surface area contributed by atoms with E-state index in [2.05, 4.69) is 27.7 Å². The number of rotatable bonds is 6. The van der Waals surface area contributed by atoms with Crippen LogP contribution in [0.25, 0.3) is 0 Å². The van der Waals surface area contributed by atoms with Gasteiger partial charge in [-0.25, -0.2) is 0 Å². The van der Waals surface area contributed by atoms with Gasteiger partial charge in [0.2, 0.25) is 5.91 Å². The van der Waals surface area contributed by atoms with E-state index in [0.29, 0.717) is 12.8 Å². The molecule has 1 N–H and O–H groups in total. The smallest absolute Gasteiger partial charge is 0.220 e. The Labute approximate surface area is 152 Å². The molecule has 0 bridgehead atoms. The zero-order valence-electron chi connectivity index (χ0n) is 13.7. The number of thiophene rings is 1. The van der Waals surface area contributed by atoms with Crippen molar-refractivity contribution >= 4 is 28.8 Å². The monoisotopic (exact) mass is 362 g/mol. The van der Waals surface area contributed by atoms with Crippen molar-refractivity contribution in [1.82, 2.24) is 10.2 Å². The Bertz CT molecular complexity index is 659. The highest BCUT2D eigenvalue weighted by molar-refractivity contribution is 7.09. The molecule has 2 heterocycles. The van der Waals surface area contributed by atoms with Crippen LogP contribution < -0.4 is 5.32 Å². The van der Waals surface area contributed by atoms with Crippen molar-refractivity contribution in [3.8, 4) is 0 Å². The minimum atomic E-state index is 0.123. The summed E-state index contributed by atoms with van der Waals surface area (Å²) in [4.78, 5) is 16.1. The second-order valence-electron chi connectivity index (χ2n) is 6.31. The van der Waals surface area contributed by atoms with Crippen LogP contribution in [0.1, 0.15) is 29.7 Å². The fraction of sp³-hybridized carbons (Fsp3) is 0.421. The van der Waals surface area contributed by atoms with Gasteiger partial charge in [-0.1, -0.05) is 35.9 Å². The maximum atomic E-state index is 12.2. The molecular formula is C19H23ClN2OS. The fourth-order valence-corrected chi connectivity index (χ4v) is 4.17. The molecule has 1 atom stereocenters. The van der Waals surface area contributed by atoms with Gasteiger partial charge in [0, 0.05) is 35.5 Å². The fourth-order valence-electron chi connectivity index (χ4n) is 3.19. The zero-order valence-corrected chi connectivity index (χ0v) is 15.3. The van der Waals surface area contributed by atoms with Crippen molar-refractivity contribution in [2.24, 2.45) is 0 Å². The number of piperidine rings is 1. The molecule has 128 valence electrons. The molecule has 1 fully saturated rings. The Morgan fingerprint density at radius 2 is 2.17 bits per heavy atom. The number of carbonyl (C=O) groups is 1. The first kappa shape index (κ1) is 17.5. The molecule has 0 aliphatic carbocycles. The average Bonchev–Trinajstić information content (AvgIpc) is 3.07. The summed E-state index contributed by atoms with van der Waals surface area (Å²) in [7, 11) is 0. The molecule has 0 saturated carbocycles. The number of aryl methyl sites for hydroxylation is 1. The third kappa shape index (κ3) is 5.07. The Kier molecular flexibility index (Phi) is 6.30. The highest BCUT2D eigenvalue weighted by Crippen LogP contribution is 2.18. The standard InChI is InChI=1S/C19H23ClN2OS/c20-18-8-2-1-5-15(18)9-10-19(23)21-16-6-3-11-22(13-16)14-17-7-4-12-24-17/h1-2,4-5,7-8,12,16H,3,6,9-11,13-14H2,(H,21,23). The molecule has 1 saturated heterocycles. The number of hydrogen-bond donors (Lipinski definition) is 1. The maximum absolute atomic E-state index is 12.2. The molecule has 3 nitrogen and oxygen atoms in total. The van der Waals surface area contributed by atoms with Crippen LogP contribution in [0.15, 0.2) is 41.8 Å². The number of amides is 1. The molecule has 1 aliphatic rings. The van der Waals surface area contributed by atoms with Gasteiger partial charge in [0.25, 0.3) is 0 Å². The third-order valence-electron chi connectivity index (χ3n) is 4.41. The minimum Gasteiger partial charge on any atom is -0.352 e. The molecule has 0 radical (unpaired) electrons. The quantitative estimate of drug-likeness (QED) is 0.838. The van der Waals surface area contributed by atoms with E-state index >= 15 is 0 Å². The zero-order chi connectivity index (χ0) is 16.8. The van der Waals surface area contributed by atoms with Crippen molar-refractivity contribution in [3.05, 3.63) is 57.2 Å². The molecule has 24 heavy (non-hydrogen) atoms. The number of likely N-dealkylation sites (tertiary alicyclic amines) is 1. The summed E-state index contributed by atoms with van der Waals surface area (Å²) in [5.41, 5.74) is 1.04. The van der Waals surface area contributed by atoms with Gasteiger partial charge in [0.15, 0.2) is 0 Å². The Balaban J connectivity index is 1.44. The van der Waals surface area contributed by atoms with Crippen molar-refractivity contribution in [2.75, 3.05) is 13.1 Å². The van der Waals surface area contributed by atoms with Crippen LogP contribution >= 0.6 is 22.9 Å². The first-order chi connectivity index (χ1) is 11.7. The van der Waals surface area contributed by atoms with Crippen molar-refractivity contribution in [1.29, 1.82) is 0 Å². The molecule has 2 aromatic rings. The highest BCUT2D eigenvalue weighted by Gasteiger charge is 2.21. The third-order valence-corrected chi connectivity index (χ3v) is 5.64. The Morgan fingerprint density at radius 3 is 2.96 bits per heavy atom. The number of hydrogen-bond acceptors (Lipinski definition) is 3. The van der Waals surface area contributed by atoms with Crippen molar-refractivity contribution < 1.29 is 4.79 Å². The van der Waals surface area contributed by atoms with Gasteiger partial charge in [-0.2, -0.15) is 0 Å². The molecular weight excluding hydrogens is 340 g/mol. The van der Waals surface area contributed by atoms with E-state index < -0.39 is 0 Å². The van der Waals surface area contributed by atoms with Crippen LogP contribution in [0.5, 0.6) is 0 Å². The van der Waals surface area contributed by atoms with Gasteiger partial charge in [-0.3, -0.25) is 9.69 Å². The molecule has 1 unspecified atom stereocenters. The lowest BCUT2D eigenvalue weighted by atomic mass is 10.0. The van der Waals surface area contributed by atoms with Gasteiger partial charge < -0.3 is 5.32 Å². The maximum Gasteiger partial charge on any atom is 0.220 e. The van der Waals surface area contributed by atoms with E-state index in [1.807, 2.05) is 24.3 Å². The van der Waals surface area contributed by atoms with Crippen LogP contribution in [-0.2, 0) is 17.8 Å². The molecule has 1 aromatic heterocycles. The van der Waals surface area contributed by atoms with E-state index in [1.54, 1.807) is 11.3 Å². The molecule has 1 aromatic carbocycles. The first-order valence-electron chi connectivity index (χ1n) is 8.48. The predicted octanol–water partition coefficient (Wildman–Crippen LogP) is 4.11. The minimum absolute atomic E-state index is 0.123. The highest BCUT2D eigenvalue weighted by atomic mass is 35.5. The van der Waals surface area contributed by atoms with Crippen molar-refractivity contribution in [2.45, 2.75) is 38.3 Å². The molecule has 1 aliphatic heterocycles. The molecule has 0 spiro atoms. The topological polar surface area (TPSA) is 32.3 Å². The van der Waals surface area contributed by atoms with Gasteiger partial charge in [-0.15, -0.1) is 11.3 Å². The van der Waals surface area contributed by atoms with E-state index in [4.69, 9.17) is 11.6 Å². The van der Waals surface area contributed by atoms with E-state index in [0.717, 1.165) is 43.1 Å². The number of nitrogens with zero attached hydrogens (tertiary/aromatic N) is 1. The predicted molar refractivity (Wildman–Crippen MR) is 101 cm³/mol. The second-order valence-corrected chi connectivity index (χ2v) is 7.75. The second kappa shape index (κ2) is 8.65. The summed E-state index contributed by atoms with van der Waals surface area (Å²) in [6.07, 6.45) is 3.39. The molecule has 5 heteroatoms. The Hall–Kier alpha value is -1.36. The van der Waals surface area contributed by atoms with Crippen molar-refractivity contribution in [3.63, 3.8) is 0 Å². The van der Waals surface area contributed by atoms with Gasteiger partial charge in [0.05, 0.1) is 0 Å². The van der Waals surface area contributed by atoms with Gasteiger partial charge in [0.1, 0.15) is 0 Å². The lowest BCUT2D eigenvalue weighted by Gasteiger charge is -2.32. The lowest BCUT2D eigenvalue weighted by Crippen LogP contribution is -2.47. The number of nitrogens with one attached hydrogen (secondary N) is 1. The summed E-state index contributed by atoms with van der Waals surface area (Å²) in [5, 5.41) is 6.06. The van der Waals surface area contributed by atoms with E-state index in [1.165, 1.54) is 4.88 Å². The SMILES string of the molecule is O=C(CCc1ccccc1Cl)NC1CCCN(Cc2cccs2)C1. The van der Waals surface area contributed by atoms with Crippen LogP contribution in [0.2, 0.25) is 5.02 Å².